The Morgan fingerprint density at radius 2 is 2.15 bits per heavy atom. The summed E-state index contributed by atoms with van der Waals surface area (Å²) in [6, 6.07) is 5.23. The van der Waals surface area contributed by atoms with E-state index in [-0.39, 0.29) is 5.56 Å². The minimum absolute atomic E-state index is 0.113. The van der Waals surface area contributed by atoms with Crippen LogP contribution in [-0.4, -0.2) is 28.0 Å². The van der Waals surface area contributed by atoms with Gasteiger partial charge in [0.2, 0.25) is 0 Å². The lowest BCUT2D eigenvalue weighted by Gasteiger charge is -2.29. The number of H-pyrrole nitrogens is 1. The summed E-state index contributed by atoms with van der Waals surface area (Å²) in [7, 11) is 0. The zero-order valence-electron chi connectivity index (χ0n) is 11.5. The molecular formula is C15H18ClN3O. The second-order valence-electron chi connectivity index (χ2n) is 5.63. The first kappa shape index (κ1) is 13.6. The summed E-state index contributed by atoms with van der Waals surface area (Å²) in [5.41, 5.74) is 0.594. The van der Waals surface area contributed by atoms with Crippen LogP contribution in [0.2, 0.25) is 5.02 Å². The van der Waals surface area contributed by atoms with Gasteiger partial charge < -0.3 is 4.98 Å². The van der Waals surface area contributed by atoms with Gasteiger partial charge in [-0.1, -0.05) is 18.5 Å². The van der Waals surface area contributed by atoms with E-state index in [9.17, 15) is 4.79 Å². The molecule has 0 unspecified atom stereocenters. The molecule has 20 heavy (non-hydrogen) atoms. The van der Waals surface area contributed by atoms with Crippen LogP contribution in [0.25, 0.3) is 10.9 Å². The Balaban J connectivity index is 1.85. The van der Waals surface area contributed by atoms with Crippen LogP contribution in [0.1, 0.15) is 25.6 Å². The molecule has 106 valence electrons. The number of aromatic nitrogens is 2. The molecule has 0 atom stereocenters. The van der Waals surface area contributed by atoms with Crippen molar-refractivity contribution >= 4 is 22.5 Å². The third-order valence-electron chi connectivity index (χ3n) is 3.97. The topological polar surface area (TPSA) is 49.0 Å². The van der Waals surface area contributed by atoms with Crippen LogP contribution in [0.3, 0.4) is 0 Å². The summed E-state index contributed by atoms with van der Waals surface area (Å²) in [4.78, 5) is 21.8. The normalized spacial score (nSPS) is 17.7. The van der Waals surface area contributed by atoms with Crippen molar-refractivity contribution in [2.24, 2.45) is 5.92 Å². The van der Waals surface area contributed by atoms with E-state index in [0.29, 0.717) is 22.5 Å². The molecule has 1 aliphatic rings. The molecule has 1 N–H and O–H groups in total. The van der Waals surface area contributed by atoms with Gasteiger partial charge in [0.25, 0.3) is 5.56 Å². The number of rotatable bonds is 2. The molecule has 0 bridgehead atoms. The molecule has 3 rings (SSSR count). The van der Waals surface area contributed by atoms with E-state index in [2.05, 4.69) is 21.8 Å². The van der Waals surface area contributed by atoms with Gasteiger partial charge in [-0.25, -0.2) is 4.98 Å². The fourth-order valence-electron chi connectivity index (χ4n) is 2.67. The van der Waals surface area contributed by atoms with Gasteiger partial charge >= 0.3 is 0 Å². The van der Waals surface area contributed by atoms with Crippen LogP contribution < -0.4 is 5.56 Å². The largest absolute Gasteiger partial charge is 0.309 e. The highest BCUT2D eigenvalue weighted by Crippen LogP contribution is 2.18. The number of nitrogens with one attached hydrogen (secondary N) is 1. The predicted octanol–water partition coefficient (Wildman–Crippen LogP) is 2.81. The number of benzene rings is 1. The minimum Gasteiger partial charge on any atom is -0.309 e. The molecule has 1 aromatic heterocycles. The predicted molar refractivity (Wildman–Crippen MR) is 81.0 cm³/mol. The molecule has 2 heterocycles. The highest BCUT2D eigenvalue weighted by molar-refractivity contribution is 6.31. The SMILES string of the molecule is CC1CCN(Cc2nc3ccc(Cl)cc3c(=O)[nH]2)CC1. The molecule has 4 nitrogen and oxygen atoms in total. The van der Waals surface area contributed by atoms with Crippen molar-refractivity contribution in [3.63, 3.8) is 0 Å². The number of fused-ring (bicyclic) bond motifs is 1. The lowest BCUT2D eigenvalue weighted by atomic mass is 9.99. The van der Waals surface area contributed by atoms with Crippen molar-refractivity contribution in [1.82, 2.24) is 14.9 Å². The fraction of sp³-hybridized carbons (Fsp3) is 0.467. The molecule has 5 heteroatoms. The van der Waals surface area contributed by atoms with Gasteiger partial charge in [0.05, 0.1) is 17.4 Å². The number of aromatic amines is 1. The zero-order valence-corrected chi connectivity index (χ0v) is 12.3. The molecular weight excluding hydrogens is 274 g/mol. The second kappa shape index (κ2) is 5.54. The zero-order chi connectivity index (χ0) is 14.1. The smallest absolute Gasteiger partial charge is 0.258 e. The standard InChI is InChI=1S/C15H18ClN3O/c1-10-4-6-19(7-5-10)9-14-17-13-3-2-11(16)8-12(13)15(20)18-14/h2-3,8,10H,4-7,9H2,1H3,(H,17,18,20). The van der Waals surface area contributed by atoms with Gasteiger partial charge in [0, 0.05) is 5.02 Å². The number of hydrogen-bond acceptors (Lipinski definition) is 3. The van der Waals surface area contributed by atoms with Crippen LogP contribution in [-0.2, 0) is 6.54 Å². The summed E-state index contributed by atoms with van der Waals surface area (Å²) in [5, 5.41) is 1.11. The number of piperidine rings is 1. The van der Waals surface area contributed by atoms with Crippen LogP contribution in [0.4, 0.5) is 0 Å². The first-order valence-corrected chi connectivity index (χ1v) is 7.40. The van der Waals surface area contributed by atoms with Crippen molar-refractivity contribution in [3.05, 3.63) is 39.4 Å². The maximum Gasteiger partial charge on any atom is 0.258 e. The fourth-order valence-corrected chi connectivity index (χ4v) is 2.84. The van der Waals surface area contributed by atoms with Crippen molar-refractivity contribution in [2.75, 3.05) is 13.1 Å². The maximum atomic E-state index is 12.1. The van der Waals surface area contributed by atoms with E-state index in [0.717, 1.165) is 24.8 Å². The monoisotopic (exact) mass is 291 g/mol. The number of likely N-dealkylation sites (tertiary alicyclic amines) is 1. The van der Waals surface area contributed by atoms with E-state index >= 15 is 0 Å². The van der Waals surface area contributed by atoms with Crippen LogP contribution in [0, 0.1) is 5.92 Å². The molecule has 0 aliphatic carbocycles. The Morgan fingerprint density at radius 3 is 2.90 bits per heavy atom. The van der Waals surface area contributed by atoms with Crippen molar-refractivity contribution in [2.45, 2.75) is 26.3 Å². The van der Waals surface area contributed by atoms with E-state index in [4.69, 9.17) is 11.6 Å². The quantitative estimate of drug-likeness (QED) is 0.925. The van der Waals surface area contributed by atoms with Crippen LogP contribution in [0.5, 0.6) is 0 Å². The van der Waals surface area contributed by atoms with Gasteiger partial charge in [-0.05, 0) is 50.0 Å². The van der Waals surface area contributed by atoms with Crippen molar-refractivity contribution < 1.29 is 0 Å². The second-order valence-corrected chi connectivity index (χ2v) is 6.07. The van der Waals surface area contributed by atoms with Crippen molar-refractivity contribution in [1.29, 1.82) is 0 Å². The summed E-state index contributed by atoms with van der Waals surface area (Å²) < 4.78 is 0. The van der Waals surface area contributed by atoms with Gasteiger partial charge in [-0.2, -0.15) is 0 Å². The highest BCUT2D eigenvalue weighted by Gasteiger charge is 2.16. The third-order valence-corrected chi connectivity index (χ3v) is 4.20. The number of nitrogens with zero attached hydrogens (tertiary/aromatic N) is 2. The first-order chi connectivity index (χ1) is 9.61. The number of halogens is 1. The first-order valence-electron chi connectivity index (χ1n) is 7.02. The van der Waals surface area contributed by atoms with E-state index in [1.165, 1.54) is 12.8 Å². The summed E-state index contributed by atoms with van der Waals surface area (Å²) in [6.45, 7) is 5.14. The molecule has 0 spiro atoms. The lowest BCUT2D eigenvalue weighted by Crippen LogP contribution is -2.33. The Morgan fingerprint density at radius 1 is 1.40 bits per heavy atom. The average molecular weight is 292 g/mol. The van der Waals surface area contributed by atoms with Crippen LogP contribution >= 0.6 is 11.6 Å². The third kappa shape index (κ3) is 2.86. The molecule has 0 amide bonds. The van der Waals surface area contributed by atoms with E-state index in [1.54, 1.807) is 18.2 Å². The van der Waals surface area contributed by atoms with Crippen LogP contribution in [0.15, 0.2) is 23.0 Å². The molecule has 2 aromatic rings. The molecule has 1 aliphatic heterocycles. The van der Waals surface area contributed by atoms with E-state index < -0.39 is 0 Å². The van der Waals surface area contributed by atoms with Gasteiger partial charge in [-0.15, -0.1) is 0 Å². The molecule has 1 fully saturated rings. The molecule has 0 saturated carbocycles. The summed E-state index contributed by atoms with van der Waals surface area (Å²) in [5.74, 6) is 1.54. The Labute approximate surface area is 122 Å². The van der Waals surface area contributed by atoms with Gasteiger partial charge in [-0.3, -0.25) is 9.69 Å². The Kier molecular flexibility index (Phi) is 3.76. The number of hydrogen-bond donors (Lipinski definition) is 1. The molecule has 0 radical (unpaired) electrons. The average Bonchev–Trinajstić information content (AvgIpc) is 2.42. The van der Waals surface area contributed by atoms with E-state index in [1.807, 2.05) is 0 Å². The lowest BCUT2D eigenvalue weighted by molar-refractivity contribution is 0.181. The Bertz CT molecular complexity index is 674. The summed E-state index contributed by atoms with van der Waals surface area (Å²) >= 11 is 5.91. The molecule has 1 saturated heterocycles. The van der Waals surface area contributed by atoms with Gasteiger partial charge in [0.15, 0.2) is 0 Å². The summed E-state index contributed by atoms with van der Waals surface area (Å²) in [6.07, 6.45) is 2.43. The highest BCUT2D eigenvalue weighted by atomic mass is 35.5. The minimum atomic E-state index is -0.113. The van der Waals surface area contributed by atoms with Gasteiger partial charge in [0.1, 0.15) is 5.82 Å². The van der Waals surface area contributed by atoms with Crippen molar-refractivity contribution in [3.8, 4) is 0 Å². The Hall–Kier alpha value is -1.39. The molecule has 1 aromatic carbocycles. The maximum absolute atomic E-state index is 12.1.